The summed E-state index contributed by atoms with van der Waals surface area (Å²) in [5.74, 6) is 0.315. The molecule has 0 radical (unpaired) electrons. The molecule has 3 aromatic carbocycles. The molecule has 6 rings (SSSR count). The molecule has 2 fully saturated rings. The van der Waals surface area contributed by atoms with Crippen LogP contribution in [-0.4, -0.2) is 39.3 Å². The van der Waals surface area contributed by atoms with E-state index in [-0.39, 0.29) is 36.0 Å². The van der Waals surface area contributed by atoms with Crippen LogP contribution in [0.1, 0.15) is 93.0 Å². The third kappa shape index (κ3) is 6.81. The molecule has 1 unspecified atom stereocenters. The van der Waals surface area contributed by atoms with Gasteiger partial charge in [-0.15, -0.1) is 11.3 Å². The van der Waals surface area contributed by atoms with Crippen LogP contribution in [0.3, 0.4) is 0 Å². The summed E-state index contributed by atoms with van der Waals surface area (Å²) in [5, 5.41) is 14.8. The van der Waals surface area contributed by atoms with Gasteiger partial charge in [-0.25, -0.2) is 4.98 Å². The van der Waals surface area contributed by atoms with Gasteiger partial charge in [0.15, 0.2) is 5.78 Å². The Morgan fingerprint density at radius 3 is 2.44 bits per heavy atom. The molecule has 1 saturated heterocycles. The molecule has 4 aromatic rings. The number of aromatic nitrogens is 1. The number of thiazole rings is 1. The van der Waals surface area contributed by atoms with Gasteiger partial charge in [-0.2, -0.15) is 0 Å². The molecule has 1 aliphatic heterocycles. The van der Waals surface area contributed by atoms with Gasteiger partial charge in [0.25, 0.3) is 5.91 Å². The topological polar surface area (TPSA) is 70.5 Å². The van der Waals surface area contributed by atoms with E-state index in [4.69, 9.17) is 0 Å². The lowest BCUT2D eigenvalue weighted by molar-refractivity contribution is 0.0451. The molecule has 6 heteroatoms. The van der Waals surface area contributed by atoms with Crippen molar-refractivity contribution in [3.8, 4) is 0 Å². The summed E-state index contributed by atoms with van der Waals surface area (Å²) >= 11 is 1.61. The molecule has 5 nitrogen and oxygen atoms in total. The van der Waals surface area contributed by atoms with E-state index >= 15 is 0 Å². The zero-order chi connectivity index (χ0) is 29.8. The first-order chi connectivity index (χ1) is 21.0. The number of ketones is 1. The van der Waals surface area contributed by atoms with Gasteiger partial charge in [0.2, 0.25) is 0 Å². The van der Waals surface area contributed by atoms with Crippen LogP contribution in [0.2, 0.25) is 0 Å². The van der Waals surface area contributed by atoms with Crippen molar-refractivity contribution in [1.82, 2.24) is 9.88 Å². The largest absolute Gasteiger partial charge is 0.393 e. The van der Waals surface area contributed by atoms with Crippen molar-refractivity contribution in [1.29, 1.82) is 0 Å². The highest BCUT2D eigenvalue weighted by Crippen LogP contribution is 2.42. The lowest BCUT2D eigenvalue weighted by atomic mass is 9.81. The maximum Gasteiger partial charge on any atom is 0.254 e. The van der Waals surface area contributed by atoms with Crippen molar-refractivity contribution in [2.45, 2.75) is 69.9 Å². The van der Waals surface area contributed by atoms with Crippen LogP contribution in [0.4, 0.5) is 0 Å². The number of Topliss-reactive ketones (excluding diaryl/α,β-unsaturated/α-hetero) is 1. The fourth-order valence-corrected chi connectivity index (χ4v) is 8.05. The maximum absolute atomic E-state index is 13.8. The van der Waals surface area contributed by atoms with E-state index in [1.54, 1.807) is 29.5 Å². The normalized spacial score (nSPS) is 21.5. The lowest BCUT2D eigenvalue weighted by Gasteiger charge is -2.28. The maximum atomic E-state index is 13.8. The molecule has 1 saturated carbocycles. The summed E-state index contributed by atoms with van der Waals surface area (Å²) in [6.07, 6.45) is 5.10. The number of carbonyl (C=O) groups excluding carboxylic acids is 2. The Morgan fingerprint density at radius 2 is 1.70 bits per heavy atom. The third-order valence-electron chi connectivity index (χ3n) is 9.37. The number of likely N-dealkylation sites (tertiary alicyclic amines) is 1. The summed E-state index contributed by atoms with van der Waals surface area (Å²) in [7, 11) is 0. The minimum absolute atomic E-state index is 0.0120. The zero-order valence-electron chi connectivity index (χ0n) is 24.8. The molecule has 2 aliphatic rings. The minimum atomic E-state index is -0.574. The van der Waals surface area contributed by atoms with Gasteiger partial charge in [0, 0.05) is 35.2 Å². The molecule has 1 N–H and O–H groups in total. The van der Waals surface area contributed by atoms with Gasteiger partial charge in [0.05, 0.1) is 12.1 Å². The SMILES string of the molecule is Cc1csc(C2CCCN2C(=O)c2cccc(C(=O)C[C@@H](Cc3ccccc3)[C@H](O)[C@H]3CC[C@@H](c4ccccc4)C3)c2)n1. The highest BCUT2D eigenvalue weighted by atomic mass is 32.1. The number of hydrogen-bond acceptors (Lipinski definition) is 5. The van der Waals surface area contributed by atoms with Crippen molar-refractivity contribution in [2.24, 2.45) is 11.8 Å². The Balaban J connectivity index is 1.18. The Labute approximate surface area is 258 Å². The fraction of sp³-hybridized carbons (Fsp3) is 0.378. The highest BCUT2D eigenvalue weighted by Gasteiger charge is 2.36. The molecule has 5 atom stereocenters. The van der Waals surface area contributed by atoms with Crippen molar-refractivity contribution in [2.75, 3.05) is 6.54 Å². The van der Waals surface area contributed by atoms with Crippen LogP contribution >= 0.6 is 11.3 Å². The molecule has 222 valence electrons. The van der Waals surface area contributed by atoms with Crippen LogP contribution < -0.4 is 0 Å². The van der Waals surface area contributed by atoms with E-state index in [0.29, 0.717) is 30.0 Å². The predicted molar refractivity (Wildman–Crippen MR) is 171 cm³/mol. The van der Waals surface area contributed by atoms with Crippen LogP contribution in [-0.2, 0) is 6.42 Å². The van der Waals surface area contributed by atoms with E-state index in [2.05, 4.69) is 41.4 Å². The quantitative estimate of drug-likeness (QED) is 0.191. The number of aliphatic hydroxyl groups is 1. The Hall–Kier alpha value is -3.61. The van der Waals surface area contributed by atoms with Crippen molar-refractivity contribution in [3.63, 3.8) is 0 Å². The summed E-state index contributed by atoms with van der Waals surface area (Å²) in [5.41, 5.74) is 4.50. The first kappa shape index (κ1) is 29.5. The van der Waals surface area contributed by atoms with E-state index in [1.807, 2.05) is 47.5 Å². The van der Waals surface area contributed by atoms with Gasteiger partial charge in [-0.05, 0) is 86.5 Å². The third-order valence-corrected chi connectivity index (χ3v) is 10.4. The van der Waals surface area contributed by atoms with E-state index in [0.717, 1.165) is 48.4 Å². The number of amides is 1. The number of carbonyl (C=O) groups is 2. The van der Waals surface area contributed by atoms with Gasteiger partial charge in [-0.1, -0.05) is 72.8 Å². The second kappa shape index (κ2) is 13.4. The summed E-state index contributed by atoms with van der Waals surface area (Å²) in [6, 6.07) is 27.9. The van der Waals surface area contributed by atoms with Crippen molar-refractivity contribution in [3.05, 3.63) is 123 Å². The fourth-order valence-electron chi connectivity index (χ4n) is 7.11. The van der Waals surface area contributed by atoms with Gasteiger partial charge in [0.1, 0.15) is 5.01 Å². The molecular weight excluding hydrogens is 552 g/mol. The monoisotopic (exact) mass is 592 g/mol. The number of hydrogen-bond donors (Lipinski definition) is 1. The van der Waals surface area contributed by atoms with E-state index < -0.39 is 6.10 Å². The standard InChI is InChI=1S/C37H40N2O3S/c1-25-24-43-36(38-25)33-16-9-19-39(33)37(42)31-15-8-14-29(22-31)34(40)23-32(20-26-10-4-2-5-11-26)35(41)30-18-17-28(21-30)27-12-6-3-7-13-27/h2-8,10-15,22,24,28,30,32-33,35,41H,9,16-21,23H2,1H3/t28-,30+,32-,33?,35-/m1/s1. The highest BCUT2D eigenvalue weighted by molar-refractivity contribution is 7.09. The number of nitrogens with zero attached hydrogens (tertiary/aromatic N) is 2. The van der Waals surface area contributed by atoms with Gasteiger partial charge in [-0.3, -0.25) is 9.59 Å². The van der Waals surface area contributed by atoms with Gasteiger partial charge >= 0.3 is 0 Å². The van der Waals surface area contributed by atoms with Crippen LogP contribution in [0.15, 0.2) is 90.3 Å². The first-order valence-corrected chi connectivity index (χ1v) is 16.5. The minimum Gasteiger partial charge on any atom is -0.393 e. The first-order valence-electron chi connectivity index (χ1n) is 15.6. The zero-order valence-corrected chi connectivity index (χ0v) is 25.6. The smallest absolute Gasteiger partial charge is 0.254 e. The van der Waals surface area contributed by atoms with E-state index in [9.17, 15) is 14.7 Å². The van der Waals surface area contributed by atoms with Crippen LogP contribution in [0.5, 0.6) is 0 Å². The Bertz CT molecular complexity index is 1540. The second-order valence-corrected chi connectivity index (χ2v) is 13.2. The summed E-state index contributed by atoms with van der Waals surface area (Å²) in [6.45, 7) is 2.67. The number of aliphatic hydroxyl groups excluding tert-OH is 1. The van der Waals surface area contributed by atoms with Gasteiger partial charge < -0.3 is 10.0 Å². The number of rotatable bonds is 10. The molecule has 1 amide bonds. The summed E-state index contributed by atoms with van der Waals surface area (Å²) < 4.78 is 0. The Kier molecular flexibility index (Phi) is 9.15. The molecule has 2 heterocycles. The van der Waals surface area contributed by atoms with Crippen LogP contribution in [0, 0.1) is 18.8 Å². The number of benzene rings is 3. The molecular formula is C37H40N2O3S. The molecule has 43 heavy (non-hydrogen) atoms. The Morgan fingerprint density at radius 1 is 0.953 bits per heavy atom. The molecule has 1 aromatic heterocycles. The average Bonchev–Trinajstić information content (AvgIpc) is 3.82. The summed E-state index contributed by atoms with van der Waals surface area (Å²) in [4.78, 5) is 34.0. The van der Waals surface area contributed by atoms with Crippen molar-refractivity contribution >= 4 is 23.0 Å². The van der Waals surface area contributed by atoms with Crippen LogP contribution in [0.25, 0.3) is 0 Å². The molecule has 1 aliphatic carbocycles. The molecule has 0 spiro atoms. The predicted octanol–water partition coefficient (Wildman–Crippen LogP) is 7.81. The van der Waals surface area contributed by atoms with E-state index in [1.165, 1.54) is 5.56 Å². The van der Waals surface area contributed by atoms with Crippen molar-refractivity contribution < 1.29 is 14.7 Å². The second-order valence-electron chi connectivity index (χ2n) is 12.3. The molecule has 0 bridgehead atoms. The number of aryl methyl sites for hydroxylation is 1. The average molecular weight is 593 g/mol. The lowest BCUT2D eigenvalue weighted by Crippen LogP contribution is -2.32.